The van der Waals surface area contributed by atoms with Gasteiger partial charge in [-0.05, 0) is 24.7 Å². The summed E-state index contributed by atoms with van der Waals surface area (Å²) in [4.78, 5) is 25.9. The van der Waals surface area contributed by atoms with E-state index in [0.29, 0.717) is 12.5 Å². The Morgan fingerprint density at radius 1 is 1.39 bits per heavy atom. The molecule has 1 saturated heterocycles. The second kappa shape index (κ2) is 5.39. The summed E-state index contributed by atoms with van der Waals surface area (Å²) in [5, 5.41) is 0. The standard InChI is InChI=1S/C14H26N2O2/c1-6-10-7-8-16(11(10)9(2)17)13(18)12(15)14(3,4)5/h10-12H,6-8,15H2,1-5H3. The maximum atomic E-state index is 12.4. The summed E-state index contributed by atoms with van der Waals surface area (Å²) >= 11 is 0. The SMILES string of the molecule is CCC1CCN(C(=O)C(N)C(C)(C)C)C1C(C)=O. The lowest BCUT2D eigenvalue weighted by molar-refractivity contribution is -0.140. The van der Waals surface area contributed by atoms with Gasteiger partial charge in [-0.15, -0.1) is 0 Å². The van der Waals surface area contributed by atoms with Crippen molar-refractivity contribution in [3.8, 4) is 0 Å². The zero-order chi connectivity index (χ0) is 14.1. The predicted octanol–water partition coefficient (Wildman–Crippen LogP) is 1.58. The first kappa shape index (κ1) is 15.2. The molecule has 1 fully saturated rings. The lowest BCUT2D eigenvalue weighted by atomic mass is 9.86. The summed E-state index contributed by atoms with van der Waals surface area (Å²) in [6, 6.07) is -0.814. The maximum absolute atomic E-state index is 12.4. The van der Waals surface area contributed by atoms with Crippen LogP contribution in [0.2, 0.25) is 0 Å². The van der Waals surface area contributed by atoms with Crippen molar-refractivity contribution >= 4 is 11.7 Å². The van der Waals surface area contributed by atoms with Crippen LogP contribution in [0.1, 0.15) is 47.5 Å². The van der Waals surface area contributed by atoms with E-state index in [-0.39, 0.29) is 23.1 Å². The molecule has 0 aliphatic carbocycles. The Labute approximate surface area is 110 Å². The molecule has 0 saturated carbocycles. The van der Waals surface area contributed by atoms with E-state index in [9.17, 15) is 9.59 Å². The molecule has 3 atom stereocenters. The molecule has 1 aliphatic heterocycles. The number of ketones is 1. The van der Waals surface area contributed by atoms with E-state index in [4.69, 9.17) is 5.73 Å². The minimum atomic E-state index is -0.546. The molecule has 18 heavy (non-hydrogen) atoms. The van der Waals surface area contributed by atoms with Gasteiger partial charge in [-0.1, -0.05) is 34.1 Å². The Kier molecular flexibility index (Phi) is 4.54. The number of amides is 1. The fraction of sp³-hybridized carbons (Fsp3) is 0.857. The highest BCUT2D eigenvalue weighted by atomic mass is 16.2. The topological polar surface area (TPSA) is 63.4 Å². The van der Waals surface area contributed by atoms with E-state index in [0.717, 1.165) is 12.8 Å². The molecular formula is C14H26N2O2. The summed E-state index contributed by atoms with van der Waals surface area (Å²) in [6.07, 6.45) is 1.84. The molecule has 4 nitrogen and oxygen atoms in total. The van der Waals surface area contributed by atoms with Crippen molar-refractivity contribution in [1.82, 2.24) is 4.90 Å². The first-order chi connectivity index (χ1) is 8.20. The first-order valence-electron chi connectivity index (χ1n) is 6.76. The summed E-state index contributed by atoms with van der Waals surface area (Å²) < 4.78 is 0. The lowest BCUT2D eigenvalue weighted by Gasteiger charge is -2.33. The molecule has 0 spiro atoms. The highest BCUT2D eigenvalue weighted by Gasteiger charge is 2.42. The van der Waals surface area contributed by atoms with Gasteiger partial charge in [0.2, 0.25) is 5.91 Å². The molecule has 3 unspecified atom stereocenters. The Morgan fingerprint density at radius 2 is 1.94 bits per heavy atom. The molecule has 1 heterocycles. The predicted molar refractivity (Wildman–Crippen MR) is 72.0 cm³/mol. The second-order valence-electron chi connectivity index (χ2n) is 6.39. The van der Waals surface area contributed by atoms with E-state index >= 15 is 0 Å². The fourth-order valence-corrected chi connectivity index (χ4v) is 2.63. The summed E-state index contributed by atoms with van der Waals surface area (Å²) in [6.45, 7) is 10.1. The number of Topliss-reactive ketones (excluding diaryl/α,β-unsaturated/α-hetero) is 1. The van der Waals surface area contributed by atoms with Crippen LogP contribution >= 0.6 is 0 Å². The van der Waals surface area contributed by atoms with Gasteiger partial charge in [0.1, 0.15) is 0 Å². The molecule has 0 bridgehead atoms. The third-order valence-electron chi connectivity index (χ3n) is 3.95. The summed E-state index contributed by atoms with van der Waals surface area (Å²) in [5.74, 6) is 0.283. The lowest BCUT2D eigenvalue weighted by Crippen LogP contribution is -2.53. The summed E-state index contributed by atoms with van der Waals surface area (Å²) in [5.41, 5.74) is 5.75. The molecule has 0 aromatic carbocycles. The molecule has 0 radical (unpaired) electrons. The number of likely N-dealkylation sites (tertiary alicyclic amines) is 1. The van der Waals surface area contributed by atoms with E-state index in [1.165, 1.54) is 0 Å². The van der Waals surface area contributed by atoms with Gasteiger partial charge < -0.3 is 10.6 Å². The van der Waals surface area contributed by atoms with Gasteiger partial charge in [0.15, 0.2) is 5.78 Å². The molecule has 104 valence electrons. The fourth-order valence-electron chi connectivity index (χ4n) is 2.63. The van der Waals surface area contributed by atoms with Crippen LogP contribution in [0, 0.1) is 11.3 Å². The molecule has 0 aromatic heterocycles. The van der Waals surface area contributed by atoms with Gasteiger partial charge in [0.05, 0.1) is 12.1 Å². The third kappa shape index (κ3) is 2.91. The van der Waals surface area contributed by atoms with Crippen LogP contribution in [-0.4, -0.2) is 35.2 Å². The van der Waals surface area contributed by atoms with Crippen molar-refractivity contribution < 1.29 is 9.59 Å². The van der Waals surface area contributed by atoms with Crippen molar-refractivity contribution in [2.75, 3.05) is 6.54 Å². The monoisotopic (exact) mass is 254 g/mol. The van der Waals surface area contributed by atoms with Gasteiger partial charge in [-0.2, -0.15) is 0 Å². The number of hydrogen-bond donors (Lipinski definition) is 1. The van der Waals surface area contributed by atoms with E-state index in [1.807, 2.05) is 20.8 Å². The zero-order valence-electron chi connectivity index (χ0n) is 12.2. The average Bonchev–Trinajstić information content (AvgIpc) is 2.69. The minimum absolute atomic E-state index is 0.0776. The van der Waals surface area contributed by atoms with Crippen molar-refractivity contribution in [2.24, 2.45) is 17.1 Å². The maximum Gasteiger partial charge on any atom is 0.240 e. The number of hydrogen-bond acceptors (Lipinski definition) is 3. The van der Waals surface area contributed by atoms with E-state index in [2.05, 4.69) is 6.92 Å². The largest absolute Gasteiger partial charge is 0.331 e. The highest BCUT2D eigenvalue weighted by molar-refractivity contribution is 5.90. The van der Waals surface area contributed by atoms with Gasteiger partial charge in [-0.3, -0.25) is 9.59 Å². The second-order valence-corrected chi connectivity index (χ2v) is 6.39. The number of rotatable bonds is 3. The van der Waals surface area contributed by atoms with Gasteiger partial charge in [0.25, 0.3) is 0 Å². The van der Waals surface area contributed by atoms with Crippen molar-refractivity contribution in [2.45, 2.75) is 59.5 Å². The smallest absolute Gasteiger partial charge is 0.240 e. The molecule has 2 N–H and O–H groups in total. The number of nitrogens with zero attached hydrogens (tertiary/aromatic N) is 1. The first-order valence-corrected chi connectivity index (χ1v) is 6.76. The molecular weight excluding hydrogens is 228 g/mol. The van der Waals surface area contributed by atoms with Gasteiger partial charge in [0, 0.05) is 6.54 Å². The molecule has 0 aromatic rings. The Hall–Kier alpha value is -0.900. The Morgan fingerprint density at radius 3 is 2.33 bits per heavy atom. The average molecular weight is 254 g/mol. The number of carbonyl (C=O) groups is 2. The number of nitrogens with two attached hydrogens (primary N) is 1. The van der Waals surface area contributed by atoms with Crippen molar-refractivity contribution in [1.29, 1.82) is 0 Å². The zero-order valence-corrected chi connectivity index (χ0v) is 12.2. The van der Waals surface area contributed by atoms with Crippen LogP contribution in [0.5, 0.6) is 0 Å². The molecule has 1 aliphatic rings. The van der Waals surface area contributed by atoms with Crippen molar-refractivity contribution in [3.05, 3.63) is 0 Å². The summed E-state index contributed by atoms with van der Waals surface area (Å²) in [7, 11) is 0. The quantitative estimate of drug-likeness (QED) is 0.831. The van der Waals surface area contributed by atoms with Gasteiger partial charge >= 0.3 is 0 Å². The van der Waals surface area contributed by atoms with E-state index in [1.54, 1.807) is 11.8 Å². The third-order valence-corrected chi connectivity index (χ3v) is 3.95. The minimum Gasteiger partial charge on any atom is -0.331 e. The Balaban J connectivity index is 2.89. The van der Waals surface area contributed by atoms with Crippen LogP contribution in [0.4, 0.5) is 0 Å². The number of carbonyl (C=O) groups excluding carboxylic acids is 2. The van der Waals surface area contributed by atoms with Crippen LogP contribution in [0.15, 0.2) is 0 Å². The van der Waals surface area contributed by atoms with Crippen LogP contribution in [0.3, 0.4) is 0 Å². The molecule has 1 amide bonds. The Bertz CT molecular complexity index is 333. The van der Waals surface area contributed by atoms with Crippen molar-refractivity contribution in [3.63, 3.8) is 0 Å². The normalized spacial score (nSPS) is 26.2. The molecule has 4 heteroatoms. The van der Waals surface area contributed by atoms with E-state index < -0.39 is 6.04 Å². The van der Waals surface area contributed by atoms with Gasteiger partial charge in [-0.25, -0.2) is 0 Å². The van der Waals surface area contributed by atoms with Crippen LogP contribution in [-0.2, 0) is 9.59 Å². The van der Waals surface area contributed by atoms with Crippen LogP contribution in [0.25, 0.3) is 0 Å². The highest BCUT2D eigenvalue weighted by Crippen LogP contribution is 2.30. The van der Waals surface area contributed by atoms with Crippen LogP contribution < -0.4 is 5.73 Å². The molecule has 1 rings (SSSR count).